The lowest BCUT2D eigenvalue weighted by atomic mass is 10.0. The molecule has 0 bridgehead atoms. The van der Waals surface area contributed by atoms with Crippen LogP contribution in [0.15, 0.2) is 29.2 Å². The Labute approximate surface area is 83.5 Å². The van der Waals surface area contributed by atoms with Crippen LogP contribution < -0.4 is 4.74 Å². The molecule has 1 aliphatic rings. The first kappa shape index (κ1) is 8.95. The topological polar surface area (TPSA) is 9.23 Å². The Bertz CT molecular complexity index is 281. The monoisotopic (exact) mass is 194 g/mol. The summed E-state index contributed by atoms with van der Waals surface area (Å²) in [7, 11) is 1.72. The van der Waals surface area contributed by atoms with E-state index in [1.54, 1.807) is 7.11 Å². The van der Waals surface area contributed by atoms with Gasteiger partial charge in [-0.1, -0.05) is 12.5 Å². The molecular formula is C11H14OS. The van der Waals surface area contributed by atoms with Gasteiger partial charge in [0.25, 0.3) is 0 Å². The van der Waals surface area contributed by atoms with Crippen molar-refractivity contribution in [2.45, 2.75) is 29.4 Å². The number of benzene rings is 1. The Kier molecular flexibility index (Phi) is 2.79. The van der Waals surface area contributed by atoms with Gasteiger partial charge in [0.1, 0.15) is 5.75 Å². The van der Waals surface area contributed by atoms with Gasteiger partial charge in [0, 0.05) is 10.1 Å². The molecule has 0 atom stereocenters. The molecule has 1 aromatic rings. The number of thioether (sulfide) groups is 1. The maximum atomic E-state index is 5.17. The van der Waals surface area contributed by atoms with E-state index < -0.39 is 0 Å². The highest BCUT2D eigenvalue weighted by atomic mass is 32.2. The smallest absolute Gasteiger partial charge is 0.119 e. The van der Waals surface area contributed by atoms with Gasteiger partial charge >= 0.3 is 0 Å². The fraction of sp³-hybridized carbons (Fsp3) is 0.455. The molecular weight excluding hydrogens is 180 g/mol. The highest BCUT2D eigenvalue weighted by Crippen LogP contribution is 2.37. The fourth-order valence-corrected chi connectivity index (χ4v) is 2.65. The molecule has 70 valence electrons. The van der Waals surface area contributed by atoms with Crippen LogP contribution in [0.1, 0.15) is 19.3 Å². The Balaban J connectivity index is 2.01. The van der Waals surface area contributed by atoms with E-state index in [0.29, 0.717) is 0 Å². The second kappa shape index (κ2) is 4.05. The molecule has 1 fully saturated rings. The molecule has 1 saturated carbocycles. The maximum absolute atomic E-state index is 5.17. The quantitative estimate of drug-likeness (QED) is 0.730. The van der Waals surface area contributed by atoms with Crippen LogP contribution in [-0.4, -0.2) is 12.4 Å². The summed E-state index contributed by atoms with van der Waals surface area (Å²) in [6.45, 7) is 0. The first-order chi connectivity index (χ1) is 6.38. The van der Waals surface area contributed by atoms with Crippen LogP contribution >= 0.6 is 11.8 Å². The standard InChI is InChI=1S/C11H14OS/c1-12-9-4-2-7-11(8-9)13-10-5-3-6-10/h2,4,7-8,10H,3,5-6H2,1H3. The molecule has 0 saturated heterocycles. The molecule has 0 unspecified atom stereocenters. The van der Waals surface area contributed by atoms with Gasteiger partial charge in [-0.3, -0.25) is 0 Å². The first-order valence-electron chi connectivity index (χ1n) is 4.69. The zero-order valence-corrected chi connectivity index (χ0v) is 8.64. The number of hydrogen-bond acceptors (Lipinski definition) is 2. The van der Waals surface area contributed by atoms with Crippen molar-refractivity contribution in [3.63, 3.8) is 0 Å². The van der Waals surface area contributed by atoms with Crippen LogP contribution in [-0.2, 0) is 0 Å². The van der Waals surface area contributed by atoms with Gasteiger partial charge in [-0.05, 0) is 31.0 Å². The van der Waals surface area contributed by atoms with E-state index in [9.17, 15) is 0 Å². The van der Waals surface area contributed by atoms with Crippen LogP contribution in [0.3, 0.4) is 0 Å². The minimum atomic E-state index is 0.854. The third-order valence-electron chi connectivity index (χ3n) is 2.40. The zero-order valence-electron chi connectivity index (χ0n) is 7.82. The summed E-state index contributed by atoms with van der Waals surface area (Å²) in [4.78, 5) is 1.34. The molecule has 0 amide bonds. The summed E-state index contributed by atoms with van der Waals surface area (Å²) >= 11 is 1.98. The number of methoxy groups -OCH3 is 1. The van der Waals surface area contributed by atoms with Crippen molar-refractivity contribution < 1.29 is 4.74 Å². The lowest BCUT2D eigenvalue weighted by Gasteiger charge is -2.24. The first-order valence-corrected chi connectivity index (χ1v) is 5.57. The molecule has 0 N–H and O–H groups in total. The normalized spacial score (nSPS) is 16.7. The van der Waals surface area contributed by atoms with Crippen molar-refractivity contribution in [1.29, 1.82) is 0 Å². The average Bonchev–Trinajstić information content (AvgIpc) is 2.12. The van der Waals surface area contributed by atoms with Gasteiger partial charge in [0.05, 0.1) is 7.11 Å². The van der Waals surface area contributed by atoms with Crippen LogP contribution in [0.4, 0.5) is 0 Å². The van der Waals surface area contributed by atoms with Crippen LogP contribution in [0.2, 0.25) is 0 Å². The second-order valence-corrected chi connectivity index (χ2v) is 4.72. The highest BCUT2D eigenvalue weighted by molar-refractivity contribution is 8.00. The SMILES string of the molecule is COc1cccc(SC2CCC2)c1. The van der Waals surface area contributed by atoms with E-state index in [1.807, 2.05) is 17.8 Å². The van der Waals surface area contributed by atoms with Gasteiger partial charge in [0.15, 0.2) is 0 Å². The van der Waals surface area contributed by atoms with E-state index in [4.69, 9.17) is 4.74 Å². The molecule has 1 aliphatic carbocycles. The van der Waals surface area contributed by atoms with Crippen molar-refractivity contribution in [3.05, 3.63) is 24.3 Å². The Morgan fingerprint density at radius 3 is 2.85 bits per heavy atom. The molecule has 13 heavy (non-hydrogen) atoms. The summed E-state index contributed by atoms with van der Waals surface area (Å²) in [6, 6.07) is 8.32. The third kappa shape index (κ3) is 2.19. The molecule has 1 nitrogen and oxygen atoms in total. The second-order valence-electron chi connectivity index (χ2n) is 3.35. The molecule has 1 aromatic carbocycles. The van der Waals surface area contributed by atoms with Gasteiger partial charge in [0.2, 0.25) is 0 Å². The summed E-state index contributed by atoms with van der Waals surface area (Å²) in [5, 5.41) is 0.854. The molecule has 0 heterocycles. The Morgan fingerprint density at radius 1 is 1.38 bits per heavy atom. The summed E-state index contributed by atoms with van der Waals surface area (Å²) in [5.41, 5.74) is 0. The lowest BCUT2D eigenvalue weighted by Crippen LogP contribution is -2.12. The van der Waals surface area contributed by atoms with Crippen LogP contribution in [0, 0.1) is 0 Å². The van der Waals surface area contributed by atoms with Crippen LogP contribution in [0.5, 0.6) is 5.75 Å². The van der Waals surface area contributed by atoms with E-state index in [0.717, 1.165) is 11.0 Å². The minimum absolute atomic E-state index is 0.854. The van der Waals surface area contributed by atoms with Crippen LogP contribution in [0.25, 0.3) is 0 Å². The summed E-state index contributed by atoms with van der Waals surface area (Å²) in [5.74, 6) is 0.962. The Morgan fingerprint density at radius 2 is 2.23 bits per heavy atom. The lowest BCUT2D eigenvalue weighted by molar-refractivity contribution is 0.413. The van der Waals surface area contributed by atoms with Crippen molar-refractivity contribution in [2.24, 2.45) is 0 Å². The van der Waals surface area contributed by atoms with E-state index in [2.05, 4.69) is 18.2 Å². The molecule has 2 rings (SSSR count). The van der Waals surface area contributed by atoms with Gasteiger partial charge in [-0.25, -0.2) is 0 Å². The number of hydrogen-bond donors (Lipinski definition) is 0. The predicted molar refractivity (Wildman–Crippen MR) is 56.5 cm³/mol. The predicted octanol–water partition coefficient (Wildman–Crippen LogP) is 3.34. The van der Waals surface area contributed by atoms with Crippen molar-refractivity contribution in [3.8, 4) is 5.75 Å². The van der Waals surface area contributed by atoms with Gasteiger partial charge in [-0.2, -0.15) is 0 Å². The molecule has 2 heteroatoms. The van der Waals surface area contributed by atoms with E-state index in [1.165, 1.54) is 24.2 Å². The minimum Gasteiger partial charge on any atom is -0.497 e. The van der Waals surface area contributed by atoms with Gasteiger partial charge < -0.3 is 4.74 Å². The summed E-state index contributed by atoms with van der Waals surface area (Å²) in [6.07, 6.45) is 4.16. The van der Waals surface area contributed by atoms with E-state index >= 15 is 0 Å². The highest BCUT2D eigenvalue weighted by Gasteiger charge is 2.18. The third-order valence-corrected chi connectivity index (χ3v) is 3.73. The summed E-state index contributed by atoms with van der Waals surface area (Å²) < 4.78 is 5.17. The Hall–Kier alpha value is -0.630. The molecule has 0 radical (unpaired) electrons. The fourth-order valence-electron chi connectivity index (χ4n) is 1.36. The molecule has 0 aromatic heterocycles. The zero-order chi connectivity index (χ0) is 9.10. The van der Waals surface area contributed by atoms with Crippen molar-refractivity contribution in [1.82, 2.24) is 0 Å². The van der Waals surface area contributed by atoms with E-state index in [-0.39, 0.29) is 0 Å². The number of rotatable bonds is 3. The largest absolute Gasteiger partial charge is 0.497 e. The van der Waals surface area contributed by atoms with Gasteiger partial charge in [-0.15, -0.1) is 11.8 Å². The maximum Gasteiger partial charge on any atom is 0.119 e. The van der Waals surface area contributed by atoms with Crippen molar-refractivity contribution in [2.75, 3.05) is 7.11 Å². The molecule has 0 aliphatic heterocycles. The number of ether oxygens (including phenoxy) is 1. The van der Waals surface area contributed by atoms with Crippen molar-refractivity contribution >= 4 is 11.8 Å². The molecule has 0 spiro atoms. The average molecular weight is 194 g/mol.